The summed E-state index contributed by atoms with van der Waals surface area (Å²) >= 11 is 3.52. The lowest BCUT2D eigenvalue weighted by Gasteiger charge is -2.31. The van der Waals surface area contributed by atoms with E-state index in [4.69, 9.17) is 5.73 Å². The summed E-state index contributed by atoms with van der Waals surface area (Å²) in [6, 6.07) is 9.53. The standard InChI is InChI=1S/C13H19BrN2/c1-10-4-3-7-16(10)13(9-15)11-5-2-6-12(14)8-11/h2,5-6,8,10,13H,3-4,7,9,15H2,1H3. The van der Waals surface area contributed by atoms with E-state index in [2.05, 4.69) is 52.0 Å². The van der Waals surface area contributed by atoms with E-state index in [9.17, 15) is 0 Å². The molecule has 1 saturated heterocycles. The highest BCUT2D eigenvalue weighted by Crippen LogP contribution is 2.29. The van der Waals surface area contributed by atoms with Gasteiger partial charge >= 0.3 is 0 Å². The fourth-order valence-electron chi connectivity index (χ4n) is 2.60. The van der Waals surface area contributed by atoms with Gasteiger partial charge in [0.05, 0.1) is 0 Å². The Kier molecular flexibility index (Phi) is 4.00. The van der Waals surface area contributed by atoms with Crippen LogP contribution in [0.2, 0.25) is 0 Å². The van der Waals surface area contributed by atoms with Gasteiger partial charge in [-0.05, 0) is 44.0 Å². The Morgan fingerprint density at radius 2 is 2.38 bits per heavy atom. The van der Waals surface area contributed by atoms with Crippen molar-refractivity contribution in [3.05, 3.63) is 34.3 Å². The molecule has 2 atom stereocenters. The summed E-state index contributed by atoms with van der Waals surface area (Å²) in [7, 11) is 0. The zero-order chi connectivity index (χ0) is 11.5. The van der Waals surface area contributed by atoms with Crippen LogP contribution in [0.25, 0.3) is 0 Å². The maximum Gasteiger partial charge on any atom is 0.0473 e. The molecule has 0 spiro atoms. The predicted octanol–water partition coefficient (Wildman–Crippen LogP) is 2.93. The first-order chi connectivity index (χ1) is 7.72. The third-order valence-corrected chi connectivity index (χ3v) is 3.95. The van der Waals surface area contributed by atoms with Gasteiger partial charge < -0.3 is 5.73 Å². The zero-order valence-electron chi connectivity index (χ0n) is 9.70. The predicted molar refractivity (Wildman–Crippen MR) is 71.3 cm³/mol. The number of hydrogen-bond acceptors (Lipinski definition) is 2. The van der Waals surface area contributed by atoms with Crippen LogP contribution in [0.5, 0.6) is 0 Å². The van der Waals surface area contributed by atoms with Crippen LogP contribution in [0, 0.1) is 0 Å². The number of rotatable bonds is 3. The molecule has 2 nitrogen and oxygen atoms in total. The van der Waals surface area contributed by atoms with Crippen molar-refractivity contribution in [3.63, 3.8) is 0 Å². The minimum absolute atomic E-state index is 0.370. The highest BCUT2D eigenvalue weighted by atomic mass is 79.9. The number of likely N-dealkylation sites (tertiary alicyclic amines) is 1. The Balaban J connectivity index is 2.21. The van der Waals surface area contributed by atoms with Crippen molar-refractivity contribution in [2.75, 3.05) is 13.1 Å². The van der Waals surface area contributed by atoms with Crippen LogP contribution >= 0.6 is 15.9 Å². The Morgan fingerprint density at radius 3 is 2.94 bits per heavy atom. The second-order valence-corrected chi connectivity index (χ2v) is 5.45. The SMILES string of the molecule is CC1CCCN1C(CN)c1cccc(Br)c1. The van der Waals surface area contributed by atoms with Gasteiger partial charge in [0.25, 0.3) is 0 Å². The van der Waals surface area contributed by atoms with Crippen molar-refractivity contribution in [2.45, 2.75) is 31.8 Å². The van der Waals surface area contributed by atoms with E-state index in [0.29, 0.717) is 18.6 Å². The fraction of sp³-hybridized carbons (Fsp3) is 0.538. The van der Waals surface area contributed by atoms with Crippen LogP contribution in [0.3, 0.4) is 0 Å². The molecule has 1 aromatic rings. The first-order valence-corrected chi connectivity index (χ1v) is 6.73. The van der Waals surface area contributed by atoms with Crippen LogP contribution in [0.15, 0.2) is 28.7 Å². The van der Waals surface area contributed by atoms with Crippen molar-refractivity contribution in [3.8, 4) is 0 Å². The maximum atomic E-state index is 5.94. The van der Waals surface area contributed by atoms with Gasteiger partial charge in [0.15, 0.2) is 0 Å². The molecule has 3 heteroatoms. The average Bonchev–Trinajstić information content (AvgIpc) is 2.67. The van der Waals surface area contributed by atoms with Gasteiger partial charge in [-0.1, -0.05) is 28.1 Å². The normalized spacial score (nSPS) is 23.6. The Morgan fingerprint density at radius 1 is 1.56 bits per heavy atom. The zero-order valence-corrected chi connectivity index (χ0v) is 11.3. The van der Waals surface area contributed by atoms with Crippen molar-refractivity contribution < 1.29 is 0 Å². The van der Waals surface area contributed by atoms with Gasteiger partial charge in [-0.25, -0.2) is 0 Å². The van der Waals surface area contributed by atoms with E-state index >= 15 is 0 Å². The van der Waals surface area contributed by atoms with E-state index in [-0.39, 0.29) is 0 Å². The molecule has 0 saturated carbocycles. The van der Waals surface area contributed by atoms with E-state index < -0.39 is 0 Å². The average molecular weight is 283 g/mol. The number of nitrogens with zero attached hydrogens (tertiary/aromatic N) is 1. The van der Waals surface area contributed by atoms with Gasteiger partial charge in [0, 0.05) is 23.1 Å². The second-order valence-electron chi connectivity index (χ2n) is 4.54. The molecule has 0 amide bonds. The summed E-state index contributed by atoms with van der Waals surface area (Å²) in [5.41, 5.74) is 7.26. The monoisotopic (exact) mass is 282 g/mol. The summed E-state index contributed by atoms with van der Waals surface area (Å²) in [4.78, 5) is 2.53. The minimum atomic E-state index is 0.370. The quantitative estimate of drug-likeness (QED) is 0.924. The molecule has 1 aliphatic rings. The lowest BCUT2D eigenvalue weighted by atomic mass is 10.0. The van der Waals surface area contributed by atoms with Gasteiger partial charge in [0.1, 0.15) is 0 Å². The third-order valence-electron chi connectivity index (χ3n) is 3.46. The number of hydrogen-bond donors (Lipinski definition) is 1. The van der Waals surface area contributed by atoms with Crippen LogP contribution < -0.4 is 5.73 Å². The second kappa shape index (κ2) is 5.30. The summed E-state index contributed by atoms with van der Waals surface area (Å²) in [5, 5.41) is 0. The highest BCUT2D eigenvalue weighted by Gasteiger charge is 2.27. The molecule has 1 aromatic carbocycles. The van der Waals surface area contributed by atoms with Crippen molar-refractivity contribution in [2.24, 2.45) is 5.73 Å². The molecule has 1 heterocycles. The van der Waals surface area contributed by atoms with Gasteiger partial charge in [-0.2, -0.15) is 0 Å². The molecular weight excluding hydrogens is 264 g/mol. The van der Waals surface area contributed by atoms with E-state index in [1.165, 1.54) is 24.9 Å². The topological polar surface area (TPSA) is 29.3 Å². The smallest absolute Gasteiger partial charge is 0.0473 e. The van der Waals surface area contributed by atoms with Gasteiger partial charge in [-0.15, -0.1) is 0 Å². The molecule has 0 aliphatic carbocycles. The first kappa shape index (κ1) is 12.1. The van der Waals surface area contributed by atoms with E-state index in [0.717, 1.165) is 4.47 Å². The fourth-order valence-corrected chi connectivity index (χ4v) is 3.01. The molecule has 1 aliphatic heterocycles. The molecule has 2 unspecified atom stereocenters. The number of nitrogens with two attached hydrogens (primary N) is 1. The third kappa shape index (κ3) is 2.47. The Labute approximate surface area is 106 Å². The Hall–Kier alpha value is -0.380. The van der Waals surface area contributed by atoms with Gasteiger partial charge in [-0.3, -0.25) is 4.90 Å². The van der Waals surface area contributed by atoms with Crippen LogP contribution in [0.1, 0.15) is 31.4 Å². The van der Waals surface area contributed by atoms with Crippen LogP contribution in [0.4, 0.5) is 0 Å². The lowest BCUT2D eigenvalue weighted by Crippen LogP contribution is -2.35. The Bertz CT molecular complexity index is 354. The summed E-state index contributed by atoms with van der Waals surface area (Å²) in [6.07, 6.45) is 2.59. The summed E-state index contributed by atoms with van der Waals surface area (Å²) in [6.45, 7) is 4.17. The molecule has 16 heavy (non-hydrogen) atoms. The summed E-state index contributed by atoms with van der Waals surface area (Å²) < 4.78 is 1.13. The number of halogens is 1. The maximum absolute atomic E-state index is 5.94. The number of benzene rings is 1. The molecule has 2 rings (SSSR count). The summed E-state index contributed by atoms with van der Waals surface area (Å²) in [5.74, 6) is 0. The van der Waals surface area contributed by atoms with Crippen LogP contribution in [-0.4, -0.2) is 24.0 Å². The molecule has 0 radical (unpaired) electrons. The van der Waals surface area contributed by atoms with Crippen LogP contribution in [-0.2, 0) is 0 Å². The van der Waals surface area contributed by atoms with Crippen molar-refractivity contribution in [1.82, 2.24) is 4.90 Å². The molecule has 0 bridgehead atoms. The molecular formula is C13H19BrN2. The largest absolute Gasteiger partial charge is 0.329 e. The van der Waals surface area contributed by atoms with E-state index in [1.807, 2.05) is 0 Å². The molecule has 1 fully saturated rings. The van der Waals surface area contributed by atoms with Crippen molar-refractivity contribution in [1.29, 1.82) is 0 Å². The highest BCUT2D eigenvalue weighted by molar-refractivity contribution is 9.10. The van der Waals surface area contributed by atoms with E-state index in [1.54, 1.807) is 0 Å². The first-order valence-electron chi connectivity index (χ1n) is 5.93. The lowest BCUT2D eigenvalue weighted by molar-refractivity contribution is 0.195. The molecule has 2 N–H and O–H groups in total. The molecule has 0 aromatic heterocycles. The van der Waals surface area contributed by atoms with Gasteiger partial charge in [0.2, 0.25) is 0 Å². The molecule has 88 valence electrons. The minimum Gasteiger partial charge on any atom is -0.329 e. The van der Waals surface area contributed by atoms with Crippen molar-refractivity contribution >= 4 is 15.9 Å².